The van der Waals surface area contributed by atoms with Crippen molar-refractivity contribution in [3.63, 3.8) is 0 Å². The zero-order valence-electron chi connectivity index (χ0n) is 10.4. The van der Waals surface area contributed by atoms with Crippen LogP contribution in [0.5, 0.6) is 0 Å². The highest BCUT2D eigenvalue weighted by Crippen LogP contribution is 2.37. The summed E-state index contributed by atoms with van der Waals surface area (Å²) < 4.78 is 0. The molecule has 90 valence electrons. The van der Waals surface area contributed by atoms with Crippen LogP contribution in [0.4, 0.5) is 0 Å². The Kier molecular flexibility index (Phi) is 2.61. The molecule has 3 nitrogen and oxygen atoms in total. The fourth-order valence-electron chi connectivity index (χ4n) is 3.11. The maximum atomic E-state index is 4.74. The van der Waals surface area contributed by atoms with E-state index < -0.39 is 0 Å². The third-order valence-electron chi connectivity index (χ3n) is 4.23. The summed E-state index contributed by atoms with van der Waals surface area (Å²) in [6, 6.07) is 6.04. The average Bonchev–Trinajstić information content (AvgIpc) is 2.70. The van der Waals surface area contributed by atoms with Crippen LogP contribution >= 0.6 is 0 Å². The van der Waals surface area contributed by atoms with E-state index in [2.05, 4.69) is 23.0 Å². The van der Waals surface area contributed by atoms with Crippen LogP contribution in [-0.2, 0) is 0 Å². The minimum absolute atomic E-state index is 0.297. The number of hydrogen-bond acceptors (Lipinski definition) is 3. The van der Waals surface area contributed by atoms with Gasteiger partial charge in [0.1, 0.15) is 11.5 Å². The first-order chi connectivity index (χ1) is 8.32. The standard InChI is InChI=1S/C14H19N3/c1-17-13(12-7-3-6-10-15-12)16-11-14(17)8-4-2-5-9-14/h3,6-7,10H,2,4-5,8-9,11H2,1H3. The van der Waals surface area contributed by atoms with E-state index in [0.717, 1.165) is 18.1 Å². The summed E-state index contributed by atoms with van der Waals surface area (Å²) in [6.07, 6.45) is 8.48. The van der Waals surface area contributed by atoms with E-state index in [1.165, 1.54) is 32.1 Å². The number of likely N-dealkylation sites (N-methyl/N-ethyl adjacent to an activating group) is 1. The summed E-state index contributed by atoms with van der Waals surface area (Å²) in [5, 5.41) is 0. The average molecular weight is 229 g/mol. The number of nitrogens with zero attached hydrogens (tertiary/aromatic N) is 3. The summed E-state index contributed by atoms with van der Waals surface area (Å²) in [6.45, 7) is 0.954. The van der Waals surface area contributed by atoms with Gasteiger partial charge in [0.2, 0.25) is 0 Å². The van der Waals surface area contributed by atoms with Gasteiger partial charge in [-0.3, -0.25) is 9.98 Å². The number of pyridine rings is 1. The minimum Gasteiger partial charge on any atom is -0.351 e. The lowest BCUT2D eigenvalue weighted by molar-refractivity contribution is 0.168. The number of hydrogen-bond donors (Lipinski definition) is 0. The van der Waals surface area contributed by atoms with E-state index in [9.17, 15) is 0 Å². The highest BCUT2D eigenvalue weighted by Gasteiger charge is 2.41. The lowest BCUT2D eigenvalue weighted by atomic mass is 9.81. The van der Waals surface area contributed by atoms with Gasteiger partial charge in [0.05, 0.1) is 12.1 Å². The summed E-state index contributed by atoms with van der Waals surface area (Å²) in [5.74, 6) is 1.08. The Labute approximate surface area is 103 Å². The van der Waals surface area contributed by atoms with Gasteiger partial charge in [-0.05, 0) is 25.0 Å². The Morgan fingerprint density at radius 2 is 2.00 bits per heavy atom. The molecule has 1 aliphatic heterocycles. The monoisotopic (exact) mass is 229 g/mol. The van der Waals surface area contributed by atoms with Crippen molar-refractivity contribution in [2.45, 2.75) is 37.6 Å². The number of amidine groups is 1. The van der Waals surface area contributed by atoms with Crippen LogP contribution in [0.1, 0.15) is 37.8 Å². The van der Waals surface area contributed by atoms with E-state index in [0.29, 0.717) is 5.54 Å². The van der Waals surface area contributed by atoms with Crippen LogP contribution in [0.25, 0.3) is 0 Å². The summed E-state index contributed by atoms with van der Waals surface area (Å²) in [5.41, 5.74) is 1.31. The lowest BCUT2D eigenvalue weighted by Gasteiger charge is -2.40. The van der Waals surface area contributed by atoms with Crippen molar-refractivity contribution >= 4 is 5.84 Å². The molecule has 0 aromatic carbocycles. The molecule has 0 atom stereocenters. The molecule has 1 spiro atoms. The van der Waals surface area contributed by atoms with Crippen LogP contribution in [0.15, 0.2) is 29.4 Å². The summed E-state index contributed by atoms with van der Waals surface area (Å²) in [4.78, 5) is 11.5. The Morgan fingerprint density at radius 3 is 2.71 bits per heavy atom. The van der Waals surface area contributed by atoms with Crippen molar-refractivity contribution in [3.8, 4) is 0 Å². The van der Waals surface area contributed by atoms with E-state index in [-0.39, 0.29) is 0 Å². The van der Waals surface area contributed by atoms with Crippen LogP contribution in [0, 0.1) is 0 Å². The van der Waals surface area contributed by atoms with Gasteiger partial charge >= 0.3 is 0 Å². The molecule has 1 saturated carbocycles. The summed E-state index contributed by atoms with van der Waals surface area (Å²) in [7, 11) is 2.19. The normalized spacial score (nSPS) is 22.9. The lowest BCUT2D eigenvalue weighted by Crippen LogP contribution is -2.48. The molecular formula is C14H19N3. The first-order valence-electron chi connectivity index (χ1n) is 6.52. The van der Waals surface area contributed by atoms with Crippen LogP contribution in [0.3, 0.4) is 0 Å². The Balaban J connectivity index is 1.86. The van der Waals surface area contributed by atoms with Crippen molar-refractivity contribution < 1.29 is 0 Å². The molecule has 0 amide bonds. The molecule has 3 heteroatoms. The van der Waals surface area contributed by atoms with Gasteiger partial charge in [0.15, 0.2) is 0 Å². The molecule has 0 radical (unpaired) electrons. The summed E-state index contributed by atoms with van der Waals surface area (Å²) >= 11 is 0. The highest BCUT2D eigenvalue weighted by atomic mass is 15.3. The smallest absolute Gasteiger partial charge is 0.150 e. The van der Waals surface area contributed by atoms with Gasteiger partial charge in [0, 0.05) is 13.2 Å². The second-order valence-electron chi connectivity index (χ2n) is 5.20. The Morgan fingerprint density at radius 1 is 1.18 bits per heavy atom. The first-order valence-corrected chi connectivity index (χ1v) is 6.52. The molecule has 0 N–H and O–H groups in total. The largest absolute Gasteiger partial charge is 0.351 e. The maximum absolute atomic E-state index is 4.74. The van der Waals surface area contributed by atoms with Gasteiger partial charge in [-0.1, -0.05) is 25.3 Å². The van der Waals surface area contributed by atoms with Gasteiger partial charge in [-0.2, -0.15) is 0 Å². The molecule has 2 aliphatic rings. The van der Waals surface area contributed by atoms with Gasteiger partial charge in [-0.25, -0.2) is 0 Å². The second kappa shape index (κ2) is 4.13. The molecule has 17 heavy (non-hydrogen) atoms. The highest BCUT2D eigenvalue weighted by molar-refractivity contribution is 5.98. The molecule has 1 aliphatic carbocycles. The fraction of sp³-hybridized carbons (Fsp3) is 0.571. The Bertz CT molecular complexity index is 418. The van der Waals surface area contributed by atoms with Gasteiger partial charge < -0.3 is 4.90 Å². The van der Waals surface area contributed by atoms with Crippen LogP contribution in [-0.4, -0.2) is 34.9 Å². The Hall–Kier alpha value is -1.38. The second-order valence-corrected chi connectivity index (χ2v) is 5.20. The van der Waals surface area contributed by atoms with Crippen molar-refractivity contribution in [3.05, 3.63) is 30.1 Å². The molecule has 0 bridgehead atoms. The predicted octanol–water partition coefficient (Wildman–Crippen LogP) is 2.48. The zero-order valence-corrected chi connectivity index (χ0v) is 10.4. The quantitative estimate of drug-likeness (QED) is 0.740. The topological polar surface area (TPSA) is 28.5 Å². The zero-order chi connectivity index (χ0) is 11.7. The van der Waals surface area contributed by atoms with Crippen molar-refractivity contribution in [1.82, 2.24) is 9.88 Å². The van der Waals surface area contributed by atoms with E-state index in [1.807, 2.05) is 18.3 Å². The van der Waals surface area contributed by atoms with Crippen molar-refractivity contribution in [1.29, 1.82) is 0 Å². The first kappa shape index (κ1) is 10.8. The van der Waals surface area contributed by atoms with E-state index in [4.69, 9.17) is 4.99 Å². The van der Waals surface area contributed by atoms with Gasteiger partial charge in [0.25, 0.3) is 0 Å². The maximum Gasteiger partial charge on any atom is 0.150 e. The van der Waals surface area contributed by atoms with E-state index >= 15 is 0 Å². The third kappa shape index (κ3) is 1.74. The molecule has 2 heterocycles. The van der Waals surface area contributed by atoms with Crippen molar-refractivity contribution in [2.24, 2.45) is 4.99 Å². The molecule has 1 aromatic rings. The van der Waals surface area contributed by atoms with Gasteiger partial charge in [-0.15, -0.1) is 0 Å². The number of aliphatic imine (C=N–C) groups is 1. The van der Waals surface area contributed by atoms with Crippen LogP contribution < -0.4 is 0 Å². The molecule has 1 aromatic heterocycles. The molecular weight excluding hydrogens is 210 g/mol. The fourth-order valence-corrected chi connectivity index (χ4v) is 3.11. The third-order valence-corrected chi connectivity index (χ3v) is 4.23. The molecule has 0 unspecified atom stereocenters. The molecule has 0 saturated heterocycles. The minimum atomic E-state index is 0.297. The molecule has 3 rings (SSSR count). The number of rotatable bonds is 1. The van der Waals surface area contributed by atoms with Crippen LogP contribution in [0.2, 0.25) is 0 Å². The van der Waals surface area contributed by atoms with E-state index in [1.54, 1.807) is 0 Å². The SMILES string of the molecule is CN1C(c2ccccn2)=NCC12CCCCC2. The predicted molar refractivity (Wildman–Crippen MR) is 69.2 cm³/mol. The number of aromatic nitrogens is 1. The van der Waals surface area contributed by atoms with Crippen molar-refractivity contribution in [2.75, 3.05) is 13.6 Å². The molecule has 1 fully saturated rings.